The Kier molecular flexibility index (Phi) is 4.76. The Labute approximate surface area is 123 Å². The van der Waals surface area contributed by atoms with E-state index >= 15 is 0 Å². The molecule has 2 rings (SSSR count). The SMILES string of the molecule is COc1ccc([N+](=O)[O-])cc1CNCC1(O)CCOC1C. The molecule has 0 spiro atoms. The lowest BCUT2D eigenvalue weighted by Crippen LogP contribution is -2.45. The van der Waals surface area contributed by atoms with Gasteiger partial charge in [0.25, 0.3) is 5.69 Å². The minimum atomic E-state index is -0.895. The largest absolute Gasteiger partial charge is 0.496 e. The average molecular weight is 296 g/mol. The Morgan fingerprint density at radius 2 is 2.38 bits per heavy atom. The normalized spacial score (nSPS) is 25.0. The van der Waals surface area contributed by atoms with Crippen molar-refractivity contribution in [1.29, 1.82) is 0 Å². The lowest BCUT2D eigenvalue weighted by atomic mass is 9.96. The highest BCUT2D eigenvalue weighted by atomic mass is 16.6. The van der Waals surface area contributed by atoms with Gasteiger partial charge in [0.2, 0.25) is 0 Å². The molecule has 0 saturated carbocycles. The molecule has 0 aliphatic carbocycles. The fourth-order valence-corrected chi connectivity index (χ4v) is 2.43. The van der Waals surface area contributed by atoms with E-state index in [1.54, 1.807) is 6.07 Å². The van der Waals surface area contributed by atoms with Crippen LogP contribution in [-0.2, 0) is 11.3 Å². The predicted octanol–water partition coefficient (Wildman–Crippen LogP) is 1.23. The van der Waals surface area contributed by atoms with E-state index in [-0.39, 0.29) is 11.8 Å². The molecule has 2 N–H and O–H groups in total. The first-order valence-corrected chi connectivity index (χ1v) is 6.82. The number of hydrogen-bond acceptors (Lipinski definition) is 6. The van der Waals surface area contributed by atoms with Crippen molar-refractivity contribution in [2.75, 3.05) is 20.3 Å². The molecule has 0 radical (unpaired) electrons. The van der Waals surface area contributed by atoms with Gasteiger partial charge in [0.1, 0.15) is 11.4 Å². The van der Waals surface area contributed by atoms with Crippen LogP contribution in [0, 0.1) is 10.1 Å². The van der Waals surface area contributed by atoms with Gasteiger partial charge in [0.15, 0.2) is 0 Å². The smallest absolute Gasteiger partial charge is 0.270 e. The van der Waals surface area contributed by atoms with Gasteiger partial charge in [-0.2, -0.15) is 0 Å². The molecule has 7 heteroatoms. The van der Waals surface area contributed by atoms with E-state index in [0.717, 1.165) is 0 Å². The molecule has 1 fully saturated rings. The number of ether oxygens (including phenoxy) is 2. The second-order valence-corrected chi connectivity index (χ2v) is 5.22. The molecule has 2 atom stereocenters. The molecule has 1 aromatic rings. The van der Waals surface area contributed by atoms with E-state index in [0.29, 0.717) is 37.4 Å². The average Bonchev–Trinajstić information content (AvgIpc) is 2.78. The quantitative estimate of drug-likeness (QED) is 0.606. The molecule has 7 nitrogen and oxygen atoms in total. The number of hydrogen-bond donors (Lipinski definition) is 2. The zero-order valence-electron chi connectivity index (χ0n) is 12.2. The lowest BCUT2D eigenvalue weighted by Gasteiger charge is -2.26. The van der Waals surface area contributed by atoms with Gasteiger partial charge in [0.05, 0.1) is 18.1 Å². The van der Waals surface area contributed by atoms with Gasteiger partial charge in [-0.3, -0.25) is 10.1 Å². The molecule has 1 saturated heterocycles. The van der Waals surface area contributed by atoms with E-state index in [9.17, 15) is 15.2 Å². The number of nitrogens with one attached hydrogen (secondary N) is 1. The third kappa shape index (κ3) is 3.49. The second kappa shape index (κ2) is 6.38. The molecule has 2 unspecified atom stereocenters. The Morgan fingerprint density at radius 1 is 1.62 bits per heavy atom. The fraction of sp³-hybridized carbons (Fsp3) is 0.571. The second-order valence-electron chi connectivity index (χ2n) is 5.22. The number of benzene rings is 1. The summed E-state index contributed by atoms with van der Waals surface area (Å²) >= 11 is 0. The van der Waals surface area contributed by atoms with Crippen LogP contribution in [-0.4, -0.2) is 42.0 Å². The summed E-state index contributed by atoms with van der Waals surface area (Å²) in [5.74, 6) is 0.579. The highest BCUT2D eigenvalue weighted by molar-refractivity contribution is 5.43. The van der Waals surface area contributed by atoms with Crippen molar-refractivity contribution in [3.05, 3.63) is 33.9 Å². The van der Waals surface area contributed by atoms with Crippen LogP contribution in [0.25, 0.3) is 0 Å². The number of methoxy groups -OCH3 is 1. The van der Waals surface area contributed by atoms with Crippen LogP contribution < -0.4 is 10.1 Å². The fourth-order valence-electron chi connectivity index (χ4n) is 2.43. The van der Waals surface area contributed by atoms with Crippen LogP contribution in [0.15, 0.2) is 18.2 Å². The summed E-state index contributed by atoms with van der Waals surface area (Å²) in [4.78, 5) is 10.4. The number of aliphatic hydroxyl groups is 1. The maximum atomic E-state index is 10.8. The van der Waals surface area contributed by atoms with E-state index in [1.807, 2.05) is 6.92 Å². The number of nitro groups is 1. The van der Waals surface area contributed by atoms with E-state index in [4.69, 9.17) is 9.47 Å². The molecule has 1 aliphatic rings. The molecule has 0 aromatic heterocycles. The third-order valence-corrected chi connectivity index (χ3v) is 3.88. The van der Waals surface area contributed by atoms with Crippen molar-refractivity contribution in [3.8, 4) is 5.75 Å². The van der Waals surface area contributed by atoms with Crippen molar-refractivity contribution in [2.24, 2.45) is 0 Å². The van der Waals surface area contributed by atoms with E-state index in [2.05, 4.69) is 5.32 Å². The molecular weight excluding hydrogens is 276 g/mol. The summed E-state index contributed by atoms with van der Waals surface area (Å²) in [6.45, 7) is 3.11. The molecule has 1 aromatic carbocycles. The molecule has 1 heterocycles. The van der Waals surface area contributed by atoms with Crippen molar-refractivity contribution in [3.63, 3.8) is 0 Å². The molecule has 0 amide bonds. The van der Waals surface area contributed by atoms with E-state index in [1.165, 1.54) is 19.2 Å². The highest BCUT2D eigenvalue weighted by Gasteiger charge is 2.39. The van der Waals surface area contributed by atoms with Gasteiger partial charge in [-0.05, 0) is 13.0 Å². The Bertz CT molecular complexity index is 522. The topological polar surface area (TPSA) is 93.9 Å². The maximum absolute atomic E-state index is 10.8. The first kappa shape index (κ1) is 15.7. The summed E-state index contributed by atoms with van der Waals surface area (Å²) in [6.07, 6.45) is 0.352. The molecule has 21 heavy (non-hydrogen) atoms. The summed E-state index contributed by atoms with van der Waals surface area (Å²) in [7, 11) is 1.52. The minimum absolute atomic E-state index is 0.0175. The zero-order chi connectivity index (χ0) is 15.5. The van der Waals surface area contributed by atoms with Gasteiger partial charge >= 0.3 is 0 Å². The van der Waals surface area contributed by atoms with Crippen LogP contribution in [0.2, 0.25) is 0 Å². The Balaban J connectivity index is 2.02. The molecule has 0 bridgehead atoms. The number of nitrogens with zero attached hydrogens (tertiary/aromatic N) is 1. The maximum Gasteiger partial charge on any atom is 0.270 e. The van der Waals surface area contributed by atoms with Gasteiger partial charge in [-0.1, -0.05) is 0 Å². The van der Waals surface area contributed by atoms with Crippen molar-refractivity contribution in [1.82, 2.24) is 5.32 Å². The number of rotatable bonds is 6. The van der Waals surface area contributed by atoms with Crippen LogP contribution in [0.4, 0.5) is 5.69 Å². The monoisotopic (exact) mass is 296 g/mol. The summed E-state index contributed by atoms with van der Waals surface area (Å²) in [5, 5.41) is 24.3. The highest BCUT2D eigenvalue weighted by Crippen LogP contribution is 2.26. The first-order valence-electron chi connectivity index (χ1n) is 6.82. The first-order chi connectivity index (χ1) is 9.96. The van der Waals surface area contributed by atoms with Crippen molar-refractivity contribution >= 4 is 5.69 Å². The van der Waals surface area contributed by atoms with Crippen molar-refractivity contribution < 1.29 is 19.5 Å². The standard InChI is InChI=1S/C14H20N2O5/c1-10-14(17,5-6-21-10)9-15-8-11-7-12(16(18)19)3-4-13(11)20-2/h3-4,7,10,15,17H,5-6,8-9H2,1-2H3. The van der Waals surface area contributed by atoms with Crippen molar-refractivity contribution in [2.45, 2.75) is 31.6 Å². The Morgan fingerprint density at radius 3 is 2.95 bits per heavy atom. The lowest BCUT2D eigenvalue weighted by molar-refractivity contribution is -0.384. The molecule has 1 aliphatic heterocycles. The summed E-state index contributed by atoms with van der Waals surface area (Å²) in [5.41, 5.74) is -0.195. The number of non-ortho nitro benzene ring substituents is 1. The molecule has 116 valence electrons. The zero-order valence-corrected chi connectivity index (χ0v) is 12.2. The van der Waals surface area contributed by atoms with Gasteiger partial charge in [-0.25, -0.2) is 0 Å². The summed E-state index contributed by atoms with van der Waals surface area (Å²) in [6, 6.07) is 4.46. The minimum Gasteiger partial charge on any atom is -0.496 e. The van der Waals surface area contributed by atoms with Crippen LogP contribution in [0.5, 0.6) is 5.75 Å². The van der Waals surface area contributed by atoms with E-state index < -0.39 is 10.5 Å². The van der Waals surface area contributed by atoms with Crippen LogP contribution in [0.3, 0.4) is 0 Å². The van der Waals surface area contributed by atoms with Crippen LogP contribution in [0.1, 0.15) is 18.9 Å². The third-order valence-electron chi connectivity index (χ3n) is 3.88. The molecular formula is C14H20N2O5. The van der Waals surface area contributed by atoms with Crippen LogP contribution >= 0.6 is 0 Å². The van der Waals surface area contributed by atoms with Gasteiger partial charge in [0, 0.05) is 43.8 Å². The summed E-state index contributed by atoms with van der Waals surface area (Å²) < 4.78 is 10.6. The Hall–Kier alpha value is -1.70. The predicted molar refractivity (Wildman–Crippen MR) is 76.3 cm³/mol. The number of nitro benzene ring substituents is 1. The van der Waals surface area contributed by atoms with Gasteiger partial charge < -0.3 is 19.9 Å². The van der Waals surface area contributed by atoms with Gasteiger partial charge in [-0.15, -0.1) is 0 Å².